The van der Waals surface area contributed by atoms with Crippen LogP contribution in [0.25, 0.3) is 11.3 Å². The third kappa shape index (κ3) is 5.51. The van der Waals surface area contributed by atoms with Crippen LogP contribution in [-0.4, -0.2) is 26.8 Å². The summed E-state index contributed by atoms with van der Waals surface area (Å²) < 4.78 is 38.1. The molecule has 1 atom stereocenters. The van der Waals surface area contributed by atoms with Gasteiger partial charge in [0.05, 0.1) is 30.2 Å². The molecule has 0 saturated heterocycles. The van der Waals surface area contributed by atoms with E-state index in [1.807, 2.05) is 0 Å². The number of nitrogens with one attached hydrogen (secondary N) is 2. The van der Waals surface area contributed by atoms with Crippen LogP contribution < -0.4 is 10.6 Å². The van der Waals surface area contributed by atoms with Crippen molar-refractivity contribution >= 4 is 34.1 Å². The maximum atomic E-state index is 12.7. The summed E-state index contributed by atoms with van der Waals surface area (Å²) in [7, 11) is 0. The van der Waals surface area contributed by atoms with Gasteiger partial charge < -0.3 is 10.6 Å². The first kappa shape index (κ1) is 22.1. The minimum absolute atomic E-state index is 0.122. The van der Waals surface area contributed by atoms with Crippen molar-refractivity contribution in [3.05, 3.63) is 66.0 Å². The number of carbonyl (C=O) groups excluding carboxylic acids is 2. The van der Waals surface area contributed by atoms with Crippen LogP contribution in [-0.2, 0) is 15.8 Å². The number of amides is 2. The molecule has 1 unspecified atom stereocenters. The summed E-state index contributed by atoms with van der Waals surface area (Å²) in [5.74, 6) is -1.29. The zero-order valence-electron chi connectivity index (χ0n) is 16.1. The van der Waals surface area contributed by atoms with Gasteiger partial charge in [0.2, 0.25) is 11.8 Å². The fourth-order valence-corrected chi connectivity index (χ4v) is 3.20. The summed E-state index contributed by atoms with van der Waals surface area (Å²) in [4.78, 5) is 34.9. The minimum atomic E-state index is -4.51. The molecular formula is C20H16F3N5O2S. The second-order valence-electron chi connectivity index (χ2n) is 6.34. The van der Waals surface area contributed by atoms with E-state index < -0.39 is 28.8 Å². The van der Waals surface area contributed by atoms with E-state index in [-0.39, 0.29) is 10.9 Å². The predicted molar refractivity (Wildman–Crippen MR) is 110 cm³/mol. The van der Waals surface area contributed by atoms with Gasteiger partial charge in [-0.25, -0.2) is 9.97 Å². The second-order valence-corrected chi connectivity index (χ2v) is 7.37. The number of benzene rings is 1. The molecule has 2 amide bonds. The van der Waals surface area contributed by atoms with Crippen LogP contribution in [0.5, 0.6) is 0 Å². The number of alkyl halides is 3. The van der Waals surface area contributed by atoms with Crippen LogP contribution in [0.2, 0.25) is 0 Å². The van der Waals surface area contributed by atoms with Crippen molar-refractivity contribution < 1.29 is 22.8 Å². The number of rotatable bonds is 6. The molecule has 0 radical (unpaired) electrons. The molecule has 31 heavy (non-hydrogen) atoms. The first-order valence-electron chi connectivity index (χ1n) is 8.87. The molecule has 3 aromatic rings. The van der Waals surface area contributed by atoms with Gasteiger partial charge in [-0.3, -0.25) is 14.6 Å². The van der Waals surface area contributed by atoms with Gasteiger partial charge in [-0.1, -0.05) is 36.1 Å². The Morgan fingerprint density at radius 2 is 1.90 bits per heavy atom. The number of anilines is 2. The number of halogens is 3. The van der Waals surface area contributed by atoms with Gasteiger partial charge >= 0.3 is 6.18 Å². The molecule has 0 fully saturated rings. The Bertz CT molecular complexity index is 1110. The largest absolute Gasteiger partial charge is 0.427 e. The van der Waals surface area contributed by atoms with Crippen LogP contribution in [0.3, 0.4) is 0 Å². The molecule has 11 heteroatoms. The Balaban J connectivity index is 1.73. The number of hydrogen-bond donors (Lipinski definition) is 2. The summed E-state index contributed by atoms with van der Waals surface area (Å²) in [6.45, 7) is 4.99. The van der Waals surface area contributed by atoms with Crippen molar-refractivity contribution in [3.63, 3.8) is 0 Å². The Morgan fingerprint density at radius 3 is 2.52 bits per heavy atom. The topological polar surface area (TPSA) is 96.9 Å². The standard InChI is InChI=1S/C20H16F3N5O2S/c1-3-17(29)27-16-10-24-14(8-25-16)13-6-4-5-12(7-13)11(2)18(30)28-19-26-9-15(31-19)20(21,22)23/h3-11H,1H2,2H3,(H,25,27,29)(H,26,28,30). The highest BCUT2D eigenvalue weighted by Gasteiger charge is 2.33. The van der Waals surface area contributed by atoms with Crippen LogP contribution in [0.1, 0.15) is 23.3 Å². The lowest BCUT2D eigenvalue weighted by Gasteiger charge is -2.12. The van der Waals surface area contributed by atoms with Gasteiger partial charge in [-0.15, -0.1) is 0 Å². The molecule has 0 spiro atoms. The number of aromatic nitrogens is 3. The van der Waals surface area contributed by atoms with Crippen molar-refractivity contribution in [1.82, 2.24) is 15.0 Å². The molecule has 3 rings (SSSR count). The predicted octanol–water partition coefficient (Wildman–Crippen LogP) is 4.49. The normalized spacial score (nSPS) is 12.1. The van der Waals surface area contributed by atoms with E-state index in [4.69, 9.17) is 0 Å². The van der Waals surface area contributed by atoms with Gasteiger partial charge in [-0.2, -0.15) is 13.2 Å². The van der Waals surface area contributed by atoms with Crippen LogP contribution in [0.4, 0.5) is 24.1 Å². The average Bonchev–Trinajstić information content (AvgIpc) is 3.23. The highest BCUT2D eigenvalue weighted by atomic mass is 32.1. The highest BCUT2D eigenvalue weighted by Crippen LogP contribution is 2.35. The summed E-state index contributed by atoms with van der Waals surface area (Å²) in [6, 6.07) is 6.97. The zero-order chi connectivity index (χ0) is 22.6. The van der Waals surface area contributed by atoms with Crippen LogP contribution >= 0.6 is 11.3 Å². The van der Waals surface area contributed by atoms with Crippen LogP contribution in [0.15, 0.2) is 55.5 Å². The fourth-order valence-electron chi connectivity index (χ4n) is 2.51. The molecule has 2 heterocycles. The first-order valence-corrected chi connectivity index (χ1v) is 9.68. The van der Waals surface area contributed by atoms with Crippen molar-refractivity contribution in [2.45, 2.75) is 19.0 Å². The van der Waals surface area contributed by atoms with E-state index in [0.29, 0.717) is 34.4 Å². The summed E-state index contributed by atoms with van der Waals surface area (Å²) in [5, 5.41) is 4.78. The maximum absolute atomic E-state index is 12.7. The molecule has 0 aliphatic carbocycles. The third-order valence-corrected chi connectivity index (χ3v) is 5.14. The molecule has 0 aliphatic heterocycles. The molecule has 2 aromatic heterocycles. The van der Waals surface area contributed by atoms with Gasteiger partial charge in [-0.05, 0) is 24.6 Å². The summed E-state index contributed by atoms with van der Waals surface area (Å²) in [5.41, 5.74) is 1.83. The molecule has 1 aromatic carbocycles. The lowest BCUT2D eigenvalue weighted by atomic mass is 9.97. The van der Waals surface area contributed by atoms with E-state index in [0.717, 1.165) is 6.08 Å². The Hall–Kier alpha value is -3.60. The molecule has 7 nitrogen and oxygen atoms in total. The monoisotopic (exact) mass is 447 g/mol. The third-order valence-electron chi connectivity index (χ3n) is 4.18. The van der Waals surface area contributed by atoms with E-state index in [1.165, 1.54) is 12.4 Å². The average molecular weight is 447 g/mol. The molecular weight excluding hydrogens is 431 g/mol. The number of carbonyl (C=O) groups is 2. The maximum Gasteiger partial charge on any atom is 0.427 e. The smallest absolute Gasteiger partial charge is 0.306 e. The lowest BCUT2D eigenvalue weighted by Crippen LogP contribution is -2.18. The van der Waals surface area contributed by atoms with Crippen molar-refractivity contribution in [2.75, 3.05) is 10.6 Å². The highest BCUT2D eigenvalue weighted by molar-refractivity contribution is 7.15. The molecule has 160 valence electrons. The molecule has 0 aliphatic rings. The van der Waals surface area contributed by atoms with E-state index in [2.05, 4.69) is 32.2 Å². The van der Waals surface area contributed by atoms with Crippen molar-refractivity contribution in [2.24, 2.45) is 0 Å². The van der Waals surface area contributed by atoms with Crippen molar-refractivity contribution in [1.29, 1.82) is 0 Å². The first-order chi connectivity index (χ1) is 14.7. The number of nitrogens with zero attached hydrogens (tertiary/aromatic N) is 3. The fraction of sp³-hybridized carbons (Fsp3) is 0.150. The van der Waals surface area contributed by atoms with Crippen LogP contribution in [0, 0.1) is 0 Å². The van der Waals surface area contributed by atoms with Gasteiger partial charge in [0, 0.05) is 5.56 Å². The summed E-state index contributed by atoms with van der Waals surface area (Å²) in [6.07, 6.45) is 0.148. The molecule has 0 saturated carbocycles. The van der Waals surface area contributed by atoms with Crippen molar-refractivity contribution in [3.8, 4) is 11.3 Å². The SMILES string of the molecule is C=CC(=O)Nc1cnc(-c2cccc(C(C)C(=O)Nc3ncc(C(F)(F)F)s3)c2)cn1. The number of thiazole rings is 1. The molecule has 2 N–H and O–H groups in total. The summed E-state index contributed by atoms with van der Waals surface area (Å²) >= 11 is 0.365. The minimum Gasteiger partial charge on any atom is -0.306 e. The Kier molecular flexibility index (Phi) is 6.44. The van der Waals surface area contributed by atoms with Gasteiger partial charge in [0.1, 0.15) is 4.88 Å². The van der Waals surface area contributed by atoms with E-state index >= 15 is 0 Å². The number of hydrogen-bond acceptors (Lipinski definition) is 6. The Morgan fingerprint density at radius 1 is 1.13 bits per heavy atom. The van der Waals surface area contributed by atoms with E-state index in [1.54, 1.807) is 31.2 Å². The van der Waals surface area contributed by atoms with Gasteiger partial charge in [0.25, 0.3) is 0 Å². The lowest BCUT2D eigenvalue weighted by molar-refractivity contribution is -0.134. The zero-order valence-corrected chi connectivity index (χ0v) is 16.9. The molecule has 0 bridgehead atoms. The Labute approximate surface area is 179 Å². The second kappa shape index (κ2) is 9.04. The van der Waals surface area contributed by atoms with Gasteiger partial charge in [0.15, 0.2) is 10.9 Å². The quantitative estimate of drug-likeness (QED) is 0.543. The van der Waals surface area contributed by atoms with E-state index in [9.17, 15) is 22.8 Å².